The van der Waals surface area contributed by atoms with Crippen LogP contribution in [0.4, 0.5) is 18.9 Å². The van der Waals surface area contributed by atoms with Crippen LogP contribution in [0.15, 0.2) is 18.2 Å². The minimum atomic E-state index is -4.38. The number of benzene rings is 1. The van der Waals surface area contributed by atoms with Gasteiger partial charge in [0.25, 0.3) is 5.91 Å². The largest absolute Gasteiger partial charge is 0.482 e. The molecule has 1 aliphatic rings. The van der Waals surface area contributed by atoms with Crippen molar-refractivity contribution in [1.29, 1.82) is 0 Å². The fourth-order valence-corrected chi connectivity index (χ4v) is 1.73. The van der Waals surface area contributed by atoms with Crippen LogP contribution in [0.25, 0.3) is 0 Å². The summed E-state index contributed by atoms with van der Waals surface area (Å²) in [4.78, 5) is 11.2. The van der Waals surface area contributed by atoms with Crippen LogP contribution in [0.2, 0.25) is 0 Å². The molecule has 1 aromatic carbocycles. The molecule has 0 bridgehead atoms. The predicted octanol–water partition coefficient (Wildman–Crippen LogP) is 1.60. The second-order valence-corrected chi connectivity index (χ2v) is 4.33. The number of rotatable bonds is 4. The molecule has 2 rings (SSSR count). The van der Waals surface area contributed by atoms with E-state index in [0.29, 0.717) is 17.0 Å². The average Bonchev–Trinajstić information content (AvgIpc) is 2.36. The zero-order valence-corrected chi connectivity index (χ0v) is 10.4. The molecule has 8 heteroatoms. The second kappa shape index (κ2) is 5.68. The van der Waals surface area contributed by atoms with E-state index in [9.17, 15) is 18.0 Å². The number of carbonyl (C=O) groups excluding carboxylic acids is 1. The number of nitrogens with two attached hydrogens (primary N) is 1. The number of amides is 1. The SMILES string of the molecule is NC(COCC(F)(F)F)c1ccc2c(c1)NC(=O)CO2. The Bertz CT molecular complexity index is 505. The molecule has 0 fully saturated rings. The van der Waals surface area contributed by atoms with Gasteiger partial charge in [-0.25, -0.2) is 0 Å². The zero-order valence-electron chi connectivity index (χ0n) is 10.4. The number of fused-ring (bicyclic) bond motifs is 1. The lowest BCUT2D eigenvalue weighted by Gasteiger charge is -2.20. The molecular formula is C12H13F3N2O3. The number of ether oxygens (including phenoxy) is 2. The predicted molar refractivity (Wildman–Crippen MR) is 64.4 cm³/mol. The van der Waals surface area contributed by atoms with Crippen LogP contribution in [0.1, 0.15) is 11.6 Å². The summed E-state index contributed by atoms with van der Waals surface area (Å²) in [7, 11) is 0. The summed E-state index contributed by atoms with van der Waals surface area (Å²) in [5.41, 5.74) is 6.75. The van der Waals surface area contributed by atoms with Crippen LogP contribution >= 0.6 is 0 Å². The Balaban J connectivity index is 1.98. The van der Waals surface area contributed by atoms with Crippen molar-refractivity contribution in [2.75, 3.05) is 25.1 Å². The van der Waals surface area contributed by atoms with Gasteiger partial charge in [0.05, 0.1) is 18.3 Å². The molecule has 0 spiro atoms. The molecule has 0 radical (unpaired) electrons. The van der Waals surface area contributed by atoms with Crippen LogP contribution in [0, 0.1) is 0 Å². The third-order valence-corrected chi connectivity index (χ3v) is 2.63. The number of nitrogens with one attached hydrogen (secondary N) is 1. The van der Waals surface area contributed by atoms with Gasteiger partial charge in [0.15, 0.2) is 6.61 Å². The molecule has 1 aliphatic heterocycles. The highest BCUT2D eigenvalue weighted by molar-refractivity contribution is 5.95. The van der Waals surface area contributed by atoms with Gasteiger partial charge in [-0.3, -0.25) is 4.79 Å². The highest BCUT2D eigenvalue weighted by atomic mass is 19.4. The van der Waals surface area contributed by atoms with Crippen molar-refractivity contribution in [3.63, 3.8) is 0 Å². The van der Waals surface area contributed by atoms with Crippen molar-refractivity contribution in [1.82, 2.24) is 0 Å². The van der Waals surface area contributed by atoms with Crippen molar-refractivity contribution in [3.8, 4) is 5.75 Å². The Kier molecular flexibility index (Phi) is 4.15. The van der Waals surface area contributed by atoms with Crippen molar-refractivity contribution < 1.29 is 27.4 Å². The van der Waals surface area contributed by atoms with Crippen LogP contribution in [-0.2, 0) is 9.53 Å². The van der Waals surface area contributed by atoms with Gasteiger partial charge in [-0.2, -0.15) is 13.2 Å². The molecule has 5 nitrogen and oxygen atoms in total. The normalized spacial score (nSPS) is 16.1. The lowest BCUT2D eigenvalue weighted by Crippen LogP contribution is -2.26. The second-order valence-electron chi connectivity index (χ2n) is 4.33. The quantitative estimate of drug-likeness (QED) is 0.883. The van der Waals surface area contributed by atoms with Crippen LogP contribution in [0.3, 0.4) is 0 Å². The van der Waals surface area contributed by atoms with E-state index in [-0.39, 0.29) is 19.1 Å². The van der Waals surface area contributed by atoms with Crippen LogP contribution < -0.4 is 15.8 Å². The highest BCUT2D eigenvalue weighted by Gasteiger charge is 2.28. The standard InChI is InChI=1S/C12H13F3N2O3/c13-12(14,15)6-19-4-8(16)7-1-2-10-9(3-7)17-11(18)5-20-10/h1-3,8H,4-6,16H2,(H,17,18). The van der Waals surface area contributed by atoms with Gasteiger partial charge < -0.3 is 20.5 Å². The first kappa shape index (κ1) is 14.6. The van der Waals surface area contributed by atoms with E-state index < -0.39 is 18.8 Å². The molecular weight excluding hydrogens is 277 g/mol. The van der Waals surface area contributed by atoms with E-state index in [2.05, 4.69) is 10.1 Å². The maximum Gasteiger partial charge on any atom is 0.411 e. The lowest BCUT2D eigenvalue weighted by atomic mass is 10.1. The topological polar surface area (TPSA) is 73.6 Å². The molecule has 1 aromatic rings. The van der Waals surface area contributed by atoms with E-state index in [0.717, 1.165) is 0 Å². The summed E-state index contributed by atoms with van der Waals surface area (Å²) in [6, 6.07) is 4.07. The maximum absolute atomic E-state index is 11.9. The molecule has 0 aliphatic carbocycles. The molecule has 1 unspecified atom stereocenters. The van der Waals surface area contributed by atoms with E-state index in [1.165, 1.54) is 0 Å². The Morgan fingerprint density at radius 1 is 1.45 bits per heavy atom. The summed E-state index contributed by atoms with van der Waals surface area (Å²) in [6.45, 7) is -1.67. The van der Waals surface area contributed by atoms with Gasteiger partial charge in [-0.15, -0.1) is 0 Å². The van der Waals surface area contributed by atoms with Crippen molar-refractivity contribution in [3.05, 3.63) is 23.8 Å². The fourth-order valence-electron chi connectivity index (χ4n) is 1.73. The van der Waals surface area contributed by atoms with E-state index in [4.69, 9.17) is 10.5 Å². The summed E-state index contributed by atoms with van der Waals surface area (Å²) in [6.07, 6.45) is -4.38. The third-order valence-electron chi connectivity index (χ3n) is 2.63. The summed E-state index contributed by atoms with van der Waals surface area (Å²) >= 11 is 0. The lowest BCUT2D eigenvalue weighted by molar-refractivity contribution is -0.174. The molecule has 20 heavy (non-hydrogen) atoms. The number of halogens is 3. The first-order valence-corrected chi connectivity index (χ1v) is 5.82. The molecule has 0 saturated heterocycles. The first-order valence-electron chi connectivity index (χ1n) is 5.82. The van der Waals surface area contributed by atoms with E-state index in [1.807, 2.05) is 0 Å². The smallest absolute Gasteiger partial charge is 0.411 e. The van der Waals surface area contributed by atoms with Crippen molar-refractivity contribution >= 4 is 11.6 Å². The van der Waals surface area contributed by atoms with Crippen LogP contribution in [-0.4, -0.2) is 31.9 Å². The summed E-state index contributed by atoms with van der Waals surface area (Å²) in [5.74, 6) is 0.202. The van der Waals surface area contributed by atoms with E-state index >= 15 is 0 Å². The van der Waals surface area contributed by atoms with E-state index in [1.54, 1.807) is 18.2 Å². The molecule has 1 atom stereocenters. The minimum Gasteiger partial charge on any atom is -0.482 e. The van der Waals surface area contributed by atoms with Gasteiger partial charge in [-0.1, -0.05) is 6.07 Å². The molecule has 3 N–H and O–H groups in total. The zero-order chi connectivity index (χ0) is 14.8. The molecule has 1 heterocycles. The highest BCUT2D eigenvalue weighted by Crippen LogP contribution is 2.30. The van der Waals surface area contributed by atoms with Gasteiger partial charge in [0.1, 0.15) is 12.4 Å². The Hall–Kier alpha value is -1.80. The summed E-state index contributed by atoms with van der Waals surface area (Å²) < 4.78 is 45.5. The molecule has 1 amide bonds. The number of carbonyl (C=O) groups is 1. The first-order chi connectivity index (χ1) is 9.35. The van der Waals surface area contributed by atoms with Crippen molar-refractivity contribution in [2.24, 2.45) is 5.73 Å². The number of alkyl halides is 3. The Morgan fingerprint density at radius 3 is 2.90 bits per heavy atom. The van der Waals surface area contributed by atoms with Crippen LogP contribution in [0.5, 0.6) is 5.75 Å². The Labute approximate surface area is 112 Å². The van der Waals surface area contributed by atoms with Gasteiger partial charge in [0, 0.05) is 0 Å². The maximum atomic E-state index is 11.9. The third kappa shape index (κ3) is 3.84. The number of anilines is 1. The monoisotopic (exact) mass is 290 g/mol. The number of hydrogen-bond acceptors (Lipinski definition) is 4. The number of hydrogen-bond donors (Lipinski definition) is 2. The molecule has 0 saturated carbocycles. The summed E-state index contributed by atoms with van der Waals surface area (Å²) in [5, 5.41) is 2.60. The van der Waals surface area contributed by atoms with Crippen molar-refractivity contribution in [2.45, 2.75) is 12.2 Å². The van der Waals surface area contributed by atoms with Gasteiger partial charge in [-0.05, 0) is 17.7 Å². The molecule has 0 aromatic heterocycles. The van der Waals surface area contributed by atoms with Gasteiger partial charge >= 0.3 is 6.18 Å². The van der Waals surface area contributed by atoms with Gasteiger partial charge in [0.2, 0.25) is 0 Å². The average molecular weight is 290 g/mol. The minimum absolute atomic E-state index is 0.0624. The fraction of sp³-hybridized carbons (Fsp3) is 0.417. The molecule has 110 valence electrons. The Morgan fingerprint density at radius 2 is 2.20 bits per heavy atom.